The summed E-state index contributed by atoms with van der Waals surface area (Å²) >= 11 is 0. The molecule has 6 nitrogen and oxygen atoms in total. The first-order valence-electron chi connectivity index (χ1n) is 6.56. The highest BCUT2D eigenvalue weighted by Gasteiger charge is 2.20. The van der Waals surface area contributed by atoms with Crippen LogP contribution in [0.25, 0.3) is 0 Å². The second-order valence-electron chi connectivity index (χ2n) is 4.95. The molecule has 1 saturated heterocycles. The van der Waals surface area contributed by atoms with Crippen LogP contribution in [0.2, 0.25) is 0 Å². The standard InChI is InChI=1S/C13H19N3O3S/c1-20(18,19)16-11-6-4-5-10(9-11)15-13(17)12-7-2-3-8-14-12/h4-6,9,12,14,16H,2-3,7-8H2,1H3,(H,15,17)/t12-/m1/s1. The number of benzene rings is 1. The molecule has 20 heavy (non-hydrogen) atoms. The van der Waals surface area contributed by atoms with E-state index in [1.54, 1.807) is 24.3 Å². The Hall–Kier alpha value is -1.60. The minimum absolute atomic E-state index is 0.0822. The predicted octanol–water partition coefficient (Wildman–Crippen LogP) is 1.14. The Morgan fingerprint density at radius 3 is 2.70 bits per heavy atom. The van der Waals surface area contributed by atoms with E-state index in [0.717, 1.165) is 32.1 Å². The molecule has 7 heteroatoms. The van der Waals surface area contributed by atoms with Gasteiger partial charge < -0.3 is 10.6 Å². The van der Waals surface area contributed by atoms with Crippen molar-refractivity contribution in [2.45, 2.75) is 25.3 Å². The molecule has 1 amide bonds. The summed E-state index contributed by atoms with van der Waals surface area (Å²) in [6.45, 7) is 0.855. The van der Waals surface area contributed by atoms with Crippen LogP contribution in [0.4, 0.5) is 11.4 Å². The molecule has 110 valence electrons. The van der Waals surface area contributed by atoms with E-state index < -0.39 is 10.0 Å². The SMILES string of the molecule is CS(=O)(=O)Nc1cccc(NC(=O)[C@H]2CCCCN2)c1. The van der Waals surface area contributed by atoms with Crippen LogP contribution in [0.15, 0.2) is 24.3 Å². The number of sulfonamides is 1. The second kappa shape index (κ2) is 6.23. The number of piperidine rings is 1. The molecule has 0 unspecified atom stereocenters. The van der Waals surface area contributed by atoms with Gasteiger partial charge in [0, 0.05) is 5.69 Å². The van der Waals surface area contributed by atoms with Crippen LogP contribution in [0.3, 0.4) is 0 Å². The summed E-state index contributed by atoms with van der Waals surface area (Å²) in [5.41, 5.74) is 1.01. The molecule has 0 aliphatic carbocycles. The summed E-state index contributed by atoms with van der Waals surface area (Å²) in [6.07, 6.45) is 4.05. The number of amides is 1. The number of hydrogen-bond donors (Lipinski definition) is 3. The highest BCUT2D eigenvalue weighted by atomic mass is 32.2. The third-order valence-electron chi connectivity index (χ3n) is 3.06. The minimum atomic E-state index is -3.32. The molecule has 3 N–H and O–H groups in total. The number of hydrogen-bond acceptors (Lipinski definition) is 4. The van der Waals surface area contributed by atoms with Gasteiger partial charge in [0.2, 0.25) is 15.9 Å². The third kappa shape index (κ3) is 4.50. The first kappa shape index (κ1) is 14.8. The van der Waals surface area contributed by atoms with Gasteiger partial charge in [-0.15, -0.1) is 0 Å². The Morgan fingerprint density at radius 2 is 2.05 bits per heavy atom. The van der Waals surface area contributed by atoms with Crippen LogP contribution >= 0.6 is 0 Å². The van der Waals surface area contributed by atoms with Crippen molar-refractivity contribution in [3.63, 3.8) is 0 Å². The van der Waals surface area contributed by atoms with Gasteiger partial charge in [0.25, 0.3) is 0 Å². The van der Waals surface area contributed by atoms with E-state index in [0.29, 0.717) is 11.4 Å². The van der Waals surface area contributed by atoms with Crippen molar-refractivity contribution in [3.8, 4) is 0 Å². The number of carbonyl (C=O) groups excluding carboxylic acids is 1. The number of rotatable bonds is 4. The summed E-state index contributed by atoms with van der Waals surface area (Å²) in [5.74, 6) is -0.0822. The fourth-order valence-corrected chi connectivity index (χ4v) is 2.73. The lowest BCUT2D eigenvalue weighted by Crippen LogP contribution is -2.43. The average Bonchev–Trinajstić information content (AvgIpc) is 2.38. The molecule has 0 bridgehead atoms. The van der Waals surface area contributed by atoms with Crippen molar-refractivity contribution in [2.24, 2.45) is 0 Å². The summed E-state index contributed by atoms with van der Waals surface area (Å²) in [4.78, 5) is 12.1. The highest BCUT2D eigenvalue weighted by Crippen LogP contribution is 2.17. The van der Waals surface area contributed by atoms with E-state index in [1.165, 1.54) is 0 Å². The van der Waals surface area contributed by atoms with Crippen LogP contribution in [0.1, 0.15) is 19.3 Å². The Balaban J connectivity index is 2.02. The lowest BCUT2D eigenvalue weighted by atomic mass is 10.0. The maximum Gasteiger partial charge on any atom is 0.241 e. The van der Waals surface area contributed by atoms with Crippen molar-refractivity contribution in [1.29, 1.82) is 0 Å². The number of nitrogens with one attached hydrogen (secondary N) is 3. The van der Waals surface area contributed by atoms with Crippen LogP contribution in [-0.4, -0.2) is 33.2 Å². The summed E-state index contributed by atoms with van der Waals surface area (Å²) in [6, 6.07) is 6.48. The minimum Gasteiger partial charge on any atom is -0.325 e. The predicted molar refractivity (Wildman–Crippen MR) is 79.2 cm³/mol. The van der Waals surface area contributed by atoms with Crippen LogP contribution in [0, 0.1) is 0 Å². The molecule has 1 fully saturated rings. The number of anilines is 2. The Bertz CT molecular complexity index is 580. The van der Waals surface area contributed by atoms with E-state index >= 15 is 0 Å². The molecule has 0 radical (unpaired) electrons. The molecule has 1 aromatic carbocycles. The second-order valence-corrected chi connectivity index (χ2v) is 6.70. The summed E-state index contributed by atoms with van der Waals surface area (Å²) in [5, 5.41) is 5.97. The molecule has 1 aromatic rings. The van der Waals surface area contributed by atoms with Crippen LogP contribution in [0.5, 0.6) is 0 Å². The summed E-state index contributed by atoms with van der Waals surface area (Å²) < 4.78 is 24.7. The van der Waals surface area contributed by atoms with Crippen LogP contribution < -0.4 is 15.4 Å². The molecule has 0 spiro atoms. The van der Waals surface area contributed by atoms with Gasteiger partial charge in [0.15, 0.2) is 0 Å². The zero-order valence-electron chi connectivity index (χ0n) is 11.3. The topological polar surface area (TPSA) is 87.3 Å². The molecule has 1 heterocycles. The molecule has 1 aliphatic rings. The molecular formula is C13H19N3O3S. The fourth-order valence-electron chi connectivity index (χ4n) is 2.18. The van der Waals surface area contributed by atoms with Gasteiger partial charge in [-0.3, -0.25) is 9.52 Å². The molecule has 0 aromatic heterocycles. The lowest BCUT2D eigenvalue weighted by Gasteiger charge is -2.22. The van der Waals surface area contributed by atoms with Gasteiger partial charge in [-0.05, 0) is 37.6 Å². The zero-order chi connectivity index (χ0) is 14.6. The van der Waals surface area contributed by atoms with Gasteiger partial charge >= 0.3 is 0 Å². The van der Waals surface area contributed by atoms with Crippen molar-refractivity contribution in [2.75, 3.05) is 22.8 Å². The van der Waals surface area contributed by atoms with E-state index in [9.17, 15) is 13.2 Å². The average molecular weight is 297 g/mol. The smallest absolute Gasteiger partial charge is 0.241 e. The summed E-state index contributed by atoms with van der Waals surface area (Å²) in [7, 11) is -3.32. The van der Waals surface area contributed by atoms with Crippen LogP contribution in [-0.2, 0) is 14.8 Å². The van der Waals surface area contributed by atoms with Crippen molar-refractivity contribution in [1.82, 2.24) is 5.32 Å². The maximum atomic E-state index is 12.1. The maximum absolute atomic E-state index is 12.1. The fraction of sp³-hybridized carbons (Fsp3) is 0.462. The Morgan fingerprint density at radius 1 is 1.30 bits per heavy atom. The zero-order valence-corrected chi connectivity index (χ0v) is 12.2. The Labute approximate surface area is 119 Å². The Kier molecular flexibility index (Phi) is 4.61. The van der Waals surface area contributed by atoms with E-state index in [2.05, 4.69) is 15.4 Å². The first-order valence-corrected chi connectivity index (χ1v) is 8.45. The van der Waals surface area contributed by atoms with Gasteiger partial charge in [0.1, 0.15) is 0 Å². The van der Waals surface area contributed by atoms with Gasteiger partial charge in [-0.25, -0.2) is 8.42 Å². The van der Waals surface area contributed by atoms with Crippen molar-refractivity contribution in [3.05, 3.63) is 24.3 Å². The third-order valence-corrected chi connectivity index (χ3v) is 3.67. The molecule has 1 aliphatic heterocycles. The molecule has 1 atom stereocenters. The number of carbonyl (C=O) groups is 1. The van der Waals surface area contributed by atoms with Gasteiger partial charge in [-0.1, -0.05) is 12.5 Å². The monoisotopic (exact) mass is 297 g/mol. The quantitative estimate of drug-likeness (QED) is 0.777. The normalized spacial score (nSPS) is 19.4. The van der Waals surface area contributed by atoms with E-state index in [4.69, 9.17) is 0 Å². The first-order chi connectivity index (χ1) is 9.44. The molecule has 2 rings (SSSR count). The van der Waals surface area contributed by atoms with Crippen molar-refractivity contribution >= 4 is 27.3 Å². The molecule has 0 saturated carbocycles. The lowest BCUT2D eigenvalue weighted by molar-refractivity contribution is -0.118. The van der Waals surface area contributed by atoms with Gasteiger partial charge in [0.05, 0.1) is 18.0 Å². The van der Waals surface area contributed by atoms with Crippen molar-refractivity contribution < 1.29 is 13.2 Å². The van der Waals surface area contributed by atoms with Gasteiger partial charge in [-0.2, -0.15) is 0 Å². The van der Waals surface area contributed by atoms with E-state index in [1.807, 2.05) is 0 Å². The largest absolute Gasteiger partial charge is 0.325 e. The molecular weight excluding hydrogens is 278 g/mol. The highest BCUT2D eigenvalue weighted by molar-refractivity contribution is 7.92. The van der Waals surface area contributed by atoms with E-state index in [-0.39, 0.29) is 11.9 Å².